The van der Waals surface area contributed by atoms with E-state index in [0.29, 0.717) is 0 Å². The van der Waals surface area contributed by atoms with Crippen LogP contribution in [-0.2, 0) is 13.0 Å². The van der Waals surface area contributed by atoms with Crippen LogP contribution in [0.3, 0.4) is 0 Å². The Morgan fingerprint density at radius 3 is 2.77 bits per heavy atom. The van der Waals surface area contributed by atoms with Crippen LogP contribution in [0.2, 0.25) is 0 Å². The Bertz CT molecular complexity index is 838. The maximum Gasteiger partial charge on any atom is 0.0530 e. The van der Waals surface area contributed by atoms with Gasteiger partial charge in [-0.2, -0.15) is 0 Å². The lowest BCUT2D eigenvalue weighted by atomic mass is 10.1. The summed E-state index contributed by atoms with van der Waals surface area (Å²) in [6, 6.07) is 15.9. The van der Waals surface area contributed by atoms with Gasteiger partial charge in [-0.15, -0.1) is 0 Å². The highest BCUT2D eigenvalue weighted by atomic mass is 15.0. The molecule has 1 heteroatoms. The van der Waals surface area contributed by atoms with Crippen molar-refractivity contribution in [3.05, 3.63) is 59.2 Å². The van der Waals surface area contributed by atoms with Gasteiger partial charge in [0.25, 0.3) is 0 Å². The summed E-state index contributed by atoms with van der Waals surface area (Å²) in [6.07, 6.45) is 4.94. The second-order valence-corrected chi connectivity index (χ2v) is 6.54. The van der Waals surface area contributed by atoms with E-state index >= 15 is 0 Å². The molecule has 1 nitrogen and oxygen atoms in total. The average molecular weight is 289 g/mol. The smallest absolute Gasteiger partial charge is 0.0530 e. The van der Waals surface area contributed by atoms with Crippen molar-refractivity contribution in [2.45, 2.75) is 46.1 Å². The lowest BCUT2D eigenvalue weighted by Gasteiger charge is -2.11. The van der Waals surface area contributed by atoms with Gasteiger partial charge >= 0.3 is 0 Å². The zero-order valence-corrected chi connectivity index (χ0v) is 13.5. The Hall–Kier alpha value is -2.02. The average Bonchev–Trinajstić information content (AvgIpc) is 3.03. The molecule has 0 radical (unpaired) electrons. The van der Waals surface area contributed by atoms with Crippen molar-refractivity contribution in [3.8, 4) is 11.3 Å². The Morgan fingerprint density at radius 2 is 1.91 bits per heavy atom. The summed E-state index contributed by atoms with van der Waals surface area (Å²) >= 11 is 0. The summed E-state index contributed by atoms with van der Waals surface area (Å²) < 4.78 is 2.58. The monoisotopic (exact) mass is 289 g/mol. The highest BCUT2D eigenvalue weighted by Gasteiger charge is 2.25. The van der Waals surface area contributed by atoms with Crippen LogP contribution in [-0.4, -0.2) is 4.57 Å². The van der Waals surface area contributed by atoms with Gasteiger partial charge in [0.1, 0.15) is 0 Å². The fourth-order valence-electron chi connectivity index (χ4n) is 3.87. The first-order valence-corrected chi connectivity index (χ1v) is 8.49. The Balaban J connectivity index is 1.93. The highest BCUT2D eigenvalue weighted by molar-refractivity contribution is 5.95. The largest absolute Gasteiger partial charge is 0.340 e. The van der Waals surface area contributed by atoms with E-state index in [-0.39, 0.29) is 0 Å². The molecule has 1 heterocycles. The Morgan fingerprint density at radius 1 is 1.05 bits per heavy atom. The molecule has 0 saturated carbocycles. The lowest BCUT2D eigenvalue weighted by molar-refractivity contribution is 0.620. The van der Waals surface area contributed by atoms with Crippen molar-refractivity contribution in [1.82, 2.24) is 4.57 Å². The lowest BCUT2D eigenvalue weighted by Crippen LogP contribution is -2.00. The number of rotatable bonds is 4. The quantitative estimate of drug-likeness (QED) is 0.424. The van der Waals surface area contributed by atoms with Crippen LogP contribution in [0.5, 0.6) is 0 Å². The van der Waals surface area contributed by atoms with E-state index < -0.39 is 0 Å². The third-order valence-corrected chi connectivity index (χ3v) is 4.95. The molecule has 3 aromatic rings. The molecule has 4 rings (SSSR count). The standard InChI is InChI=1S/C21H23N/c1-3-4-7-12-22-20-11-10-15(2)13-18(20)19-14-16-8-5-6-9-17(16)21(19)22/h5-6,8-11,13H,3-4,7,12,14H2,1-2H3. The molecule has 0 saturated heterocycles. The first kappa shape index (κ1) is 13.6. The van der Waals surface area contributed by atoms with Crippen molar-refractivity contribution < 1.29 is 0 Å². The fraction of sp³-hybridized carbons (Fsp3) is 0.333. The van der Waals surface area contributed by atoms with Crippen LogP contribution >= 0.6 is 0 Å². The molecule has 0 bridgehead atoms. The molecule has 1 aliphatic rings. The summed E-state index contributed by atoms with van der Waals surface area (Å²) in [4.78, 5) is 0. The van der Waals surface area contributed by atoms with Gasteiger partial charge < -0.3 is 4.57 Å². The van der Waals surface area contributed by atoms with Crippen molar-refractivity contribution >= 4 is 10.9 Å². The maximum atomic E-state index is 2.58. The van der Waals surface area contributed by atoms with Crippen molar-refractivity contribution in [1.29, 1.82) is 0 Å². The maximum absolute atomic E-state index is 2.58. The molecule has 1 aromatic heterocycles. The van der Waals surface area contributed by atoms with E-state index in [1.807, 2.05) is 0 Å². The summed E-state index contributed by atoms with van der Waals surface area (Å²) in [5, 5.41) is 1.46. The summed E-state index contributed by atoms with van der Waals surface area (Å²) in [6.45, 7) is 5.61. The molecular weight excluding hydrogens is 266 g/mol. The van der Waals surface area contributed by atoms with Gasteiger partial charge in [-0.3, -0.25) is 0 Å². The first-order valence-electron chi connectivity index (χ1n) is 8.49. The summed E-state index contributed by atoms with van der Waals surface area (Å²) in [5.41, 5.74) is 8.73. The predicted octanol–water partition coefficient (Wildman–Crippen LogP) is 5.71. The molecule has 0 amide bonds. The number of unbranched alkanes of at least 4 members (excludes halogenated alkanes) is 2. The number of aromatic nitrogens is 1. The highest BCUT2D eigenvalue weighted by Crippen LogP contribution is 2.43. The number of hydrogen-bond acceptors (Lipinski definition) is 0. The molecule has 0 aliphatic heterocycles. The minimum atomic E-state index is 1.09. The molecule has 0 spiro atoms. The van der Waals surface area contributed by atoms with E-state index in [1.165, 1.54) is 58.1 Å². The van der Waals surface area contributed by atoms with Crippen LogP contribution in [0, 0.1) is 6.92 Å². The van der Waals surface area contributed by atoms with E-state index in [0.717, 1.165) is 13.0 Å². The molecular formula is C21H23N. The second kappa shape index (κ2) is 5.31. The van der Waals surface area contributed by atoms with Gasteiger partial charge in [-0.1, -0.05) is 55.7 Å². The SMILES string of the molecule is CCCCCn1c2c(c3cc(C)ccc31)Cc1ccccc1-2. The van der Waals surface area contributed by atoms with Gasteiger partial charge in [0.2, 0.25) is 0 Å². The van der Waals surface area contributed by atoms with E-state index in [1.54, 1.807) is 0 Å². The van der Waals surface area contributed by atoms with Crippen molar-refractivity contribution in [3.63, 3.8) is 0 Å². The number of hydrogen-bond donors (Lipinski definition) is 0. The van der Waals surface area contributed by atoms with Gasteiger partial charge in [0.15, 0.2) is 0 Å². The molecule has 0 atom stereocenters. The second-order valence-electron chi connectivity index (χ2n) is 6.54. The first-order chi connectivity index (χ1) is 10.8. The molecule has 0 N–H and O–H groups in total. The Kier molecular flexibility index (Phi) is 3.29. The van der Waals surface area contributed by atoms with Crippen LogP contribution in [0.25, 0.3) is 22.2 Å². The van der Waals surface area contributed by atoms with Crippen LogP contribution in [0.15, 0.2) is 42.5 Å². The van der Waals surface area contributed by atoms with Gasteiger partial charge in [0, 0.05) is 29.4 Å². The predicted molar refractivity (Wildman–Crippen MR) is 94.4 cm³/mol. The number of nitrogens with zero attached hydrogens (tertiary/aromatic N) is 1. The molecule has 112 valence electrons. The third-order valence-electron chi connectivity index (χ3n) is 4.95. The van der Waals surface area contributed by atoms with E-state index in [2.05, 4.69) is 60.9 Å². The van der Waals surface area contributed by atoms with Crippen molar-refractivity contribution in [2.75, 3.05) is 0 Å². The van der Waals surface area contributed by atoms with Gasteiger partial charge in [0.05, 0.1) is 5.69 Å². The van der Waals surface area contributed by atoms with E-state index in [9.17, 15) is 0 Å². The van der Waals surface area contributed by atoms with E-state index in [4.69, 9.17) is 0 Å². The number of benzene rings is 2. The molecule has 2 aromatic carbocycles. The Labute approximate surface area is 132 Å². The van der Waals surface area contributed by atoms with Crippen LogP contribution in [0.1, 0.15) is 42.9 Å². The molecule has 0 fully saturated rings. The molecule has 22 heavy (non-hydrogen) atoms. The number of fused-ring (bicyclic) bond motifs is 5. The topological polar surface area (TPSA) is 4.93 Å². The van der Waals surface area contributed by atoms with Crippen LogP contribution < -0.4 is 0 Å². The minimum absolute atomic E-state index is 1.09. The van der Waals surface area contributed by atoms with Crippen molar-refractivity contribution in [2.24, 2.45) is 0 Å². The third kappa shape index (κ3) is 1.99. The zero-order valence-electron chi connectivity index (χ0n) is 13.5. The summed E-state index contributed by atoms with van der Waals surface area (Å²) in [5.74, 6) is 0. The number of aryl methyl sites for hydroxylation is 2. The fourth-order valence-corrected chi connectivity index (χ4v) is 3.87. The zero-order chi connectivity index (χ0) is 15.1. The van der Waals surface area contributed by atoms with Crippen LogP contribution in [0.4, 0.5) is 0 Å². The molecule has 0 unspecified atom stereocenters. The minimum Gasteiger partial charge on any atom is -0.340 e. The van der Waals surface area contributed by atoms with Gasteiger partial charge in [-0.25, -0.2) is 0 Å². The molecule has 1 aliphatic carbocycles. The van der Waals surface area contributed by atoms with Gasteiger partial charge in [-0.05, 0) is 36.6 Å². The normalized spacial score (nSPS) is 12.6. The summed E-state index contributed by atoms with van der Waals surface area (Å²) in [7, 11) is 0.